The van der Waals surface area contributed by atoms with Crippen LogP contribution in [-0.2, 0) is 4.79 Å². The summed E-state index contributed by atoms with van der Waals surface area (Å²) in [5, 5.41) is 6.90. The molecule has 5 heteroatoms. The second-order valence-corrected chi connectivity index (χ2v) is 7.97. The predicted octanol–water partition coefficient (Wildman–Crippen LogP) is 4.13. The van der Waals surface area contributed by atoms with Crippen LogP contribution in [0.4, 0.5) is 4.39 Å². The number of rotatable bonds is 5. The van der Waals surface area contributed by atoms with Gasteiger partial charge in [-0.2, -0.15) is 0 Å². The highest BCUT2D eigenvalue weighted by Crippen LogP contribution is 2.38. The van der Waals surface area contributed by atoms with Crippen LogP contribution in [0.3, 0.4) is 0 Å². The van der Waals surface area contributed by atoms with E-state index in [0.29, 0.717) is 30.3 Å². The number of nitrogens with one attached hydrogen (secondary N) is 2. The molecule has 3 fully saturated rings. The summed E-state index contributed by atoms with van der Waals surface area (Å²) in [6.45, 7) is 0. The van der Waals surface area contributed by atoms with E-state index in [9.17, 15) is 9.18 Å². The van der Waals surface area contributed by atoms with Gasteiger partial charge in [0.15, 0.2) is 0 Å². The quantitative estimate of drug-likeness (QED) is 0.822. The molecular formula is C20H28ClFN2O. The van der Waals surface area contributed by atoms with Gasteiger partial charge in [-0.1, -0.05) is 18.6 Å². The van der Waals surface area contributed by atoms with Crippen LogP contribution in [0.1, 0.15) is 63.0 Å². The van der Waals surface area contributed by atoms with Gasteiger partial charge in [0, 0.05) is 18.5 Å². The smallest absolute Gasteiger partial charge is 0.220 e. The first-order valence-corrected chi connectivity index (χ1v) is 9.48. The summed E-state index contributed by atoms with van der Waals surface area (Å²) in [6, 6.07) is 7.94. The maximum atomic E-state index is 13.2. The van der Waals surface area contributed by atoms with E-state index >= 15 is 0 Å². The lowest BCUT2D eigenvalue weighted by Gasteiger charge is -2.35. The van der Waals surface area contributed by atoms with Crippen molar-refractivity contribution in [2.75, 3.05) is 0 Å². The number of fused-ring (bicyclic) bond motifs is 2. The van der Waals surface area contributed by atoms with Crippen molar-refractivity contribution in [1.82, 2.24) is 10.6 Å². The molecule has 3 atom stereocenters. The van der Waals surface area contributed by atoms with Gasteiger partial charge in [0.2, 0.25) is 5.91 Å². The van der Waals surface area contributed by atoms with E-state index in [4.69, 9.17) is 0 Å². The lowest BCUT2D eigenvalue weighted by molar-refractivity contribution is -0.123. The average Bonchev–Trinajstić information content (AvgIpc) is 2.84. The number of halogens is 2. The van der Waals surface area contributed by atoms with Crippen LogP contribution >= 0.6 is 12.4 Å². The predicted molar refractivity (Wildman–Crippen MR) is 99.2 cm³/mol. The molecule has 138 valence electrons. The summed E-state index contributed by atoms with van der Waals surface area (Å²) in [5.41, 5.74) is 1.04. The number of carbonyl (C=O) groups excluding carboxylic acids is 1. The number of benzene rings is 1. The van der Waals surface area contributed by atoms with Gasteiger partial charge in [0.25, 0.3) is 0 Å². The maximum absolute atomic E-state index is 13.2. The molecule has 0 aromatic heterocycles. The topological polar surface area (TPSA) is 41.1 Å². The Morgan fingerprint density at radius 2 is 1.76 bits per heavy atom. The Hall–Kier alpha value is -1.13. The molecule has 1 amide bonds. The Labute approximate surface area is 155 Å². The molecule has 2 bridgehead atoms. The van der Waals surface area contributed by atoms with E-state index in [1.54, 1.807) is 0 Å². The molecule has 1 aromatic rings. The zero-order valence-electron chi connectivity index (χ0n) is 14.5. The normalized spacial score (nSPS) is 29.4. The fourth-order valence-corrected chi connectivity index (χ4v) is 4.75. The van der Waals surface area contributed by atoms with E-state index in [1.165, 1.54) is 31.4 Å². The highest BCUT2D eigenvalue weighted by atomic mass is 35.5. The van der Waals surface area contributed by atoms with Crippen molar-refractivity contribution < 1.29 is 9.18 Å². The van der Waals surface area contributed by atoms with Crippen LogP contribution in [0.15, 0.2) is 24.3 Å². The molecular weight excluding hydrogens is 339 g/mol. The molecule has 4 rings (SSSR count). The Balaban J connectivity index is 0.00000182. The molecule has 1 aromatic carbocycles. The van der Waals surface area contributed by atoms with Gasteiger partial charge in [-0.15, -0.1) is 12.4 Å². The lowest BCUT2D eigenvalue weighted by atomic mass is 9.77. The molecule has 2 saturated heterocycles. The van der Waals surface area contributed by atoms with Gasteiger partial charge < -0.3 is 10.6 Å². The van der Waals surface area contributed by atoms with Gasteiger partial charge in [0.05, 0.1) is 6.04 Å². The van der Waals surface area contributed by atoms with Gasteiger partial charge in [-0.05, 0) is 68.1 Å². The molecule has 2 heterocycles. The molecule has 2 aliphatic heterocycles. The number of hydrogen-bond donors (Lipinski definition) is 2. The minimum absolute atomic E-state index is 0. The first-order chi connectivity index (χ1) is 11.7. The molecule has 3 nitrogen and oxygen atoms in total. The van der Waals surface area contributed by atoms with E-state index in [0.717, 1.165) is 31.2 Å². The Bertz CT molecular complexity index is 578. The van der Waals surface area contributed by atoms with Crippen LogP contribution in [0.25, 0.3) is 0 Å². The van der Waals surface area contributed by atoms with Crippen molar-refractivity contribution in [3.63, 3.8) is 0 Å². The SMILES string of the molecule is Cl.O=C(CC1CC2CCC(C1)N2)NC(c1ccc(F)cc1)C1CCC1. The van der Waals surface area contributed by atoms with Crippen molar-refractivity contribution in [3.8, 4) is 0 Å². The molecule has 3 aliphatic rings. The van der Waals surface area contributed by atoms with Crippen molar-refractivity contribution in [2.24, 2.45) is 11.8 Å². The first-order valence-electron chi connectivity index (χ1n) is 9.48. The summed E-state index contributed by atoms with van der Waals surface area (Å²) in [4.78, 5) is 12.6. The zero-order chi connectivity index (χ0) is 16.5. The lowest BCUT2D eigenvalue weighted by Crippen LogP contribution is -2.41. The van der Waals surface area contributed by atoms with Gasteiger partial charge in [-0.3, -0.25) is 4.79 Å². The minimum atomic E-state index is -0.220. The summed E-state index contributed by atoms with van der Waals surface area (Å²) < 4.78 is 13.2. The van der Waals surface area contributed by atoms with Crippen molar-refractivity contribution >= 4 is 18.3 Å². The van der Waals surface area contributed by atoms with Crippen LogP contribution < -0.4 is 10.6 Å². The monoisotopic (exact) mass is 366 g/mol. The van der Waals surface area contributed by atoms with Gasteiger partial charge >= 0.3 is 0 Å². The van der Waals surface area contributed by atoms with Crippen molar-refractivity contribution in [3.05, 3.63) is 35.6 Å². The fraction of sp³-hybridized carbons (Fsp3) is 0.650. The number of piperidine rings is 1. The summed E-state index contributed by atoms with van der Waals surface area (Å²) in [5.74, 6) is 0.966. The van der Waals surface area contributed by atoms with Crippen LogP contribution in [0.2, 0.25) is 0 Å². The summed E-state index contributed by atoms with van der Waals surface area (Å²) >= 11 is 0. The third kappa shape index (κ3) is 4.35. The highest BCUT2D eigenvalue weighted by Gasteiger charge is 2.35. The Morgan fingerprint density at radius 3 is 2.32 bits per heavy atom. The van der Waals surface area contributed by atoms with Crippen molar-refractivity contribution in [1.29, 1.82) is 0 Å². The third-order valence-electron chi connectivity index (χ3n) is 6.21. The van der Waals surface area contributed by atoms with E-state index in [2.05, 4.69) is 10.6 Å². The van der Waals surface area contributed by atoms with E-state index in [-0.39, 0.29) is 30.2 Å². The zero-order valence-corrected chi connectivity index (χ0v) is 15.4. The second kappa shape index (κ2) is 8.05. The van der Waals surface area contributed by atoms with Gasteiger partial charge in [-0.25, -0.2) is 4.39 Å². The van der Waals surface area contributed by atoms with Crippen LogP contribution in [0.5, 0.6) is 0 Å². The molecule has 0 spiro atoms. The largest absolute Gasteiger partial charge is 0.349 e. The summed E-state index contributed by atoms with van der Waals surface area (Å²) in [6.07, 6.45) is 8.98. The highest BCUT2D eigenvalue weighted by molar-refractivity contribution is 5.85. The molecule has 0 radical (unpaired) electrons. The van der Waals surface area contributed by atoms with E-state index < -0.39 is 0 Å². The van der Waals surface area contributed by atoms with Crippen LogP contribution in [0, 0.1) is 17.7 Å². The minimum Gasteiger partial charge on any atom is -0.349 e. The van der Waals surface area contributed by atoms with Crippen molar-refractivity contribution in [2.45, 2.75) is 69.5 Å². The molecule has 3 unspecified atom stereocenters. The maximum Gasteiger partial charge on any atom is 0.220 e. The van der Waals surface area contributed by atoms with Gasteiger partial charge in [0.1, 0.15) is 5.82 Å². The molecule has 25 heavy (non-hydrogen) atoms. The average molecular weight is 367 g/mol. The molecule has 2 N–H and O–H groups in total. The fourth-order valence-electron chi connectivity index (χ4n) is 4.75. The summed E-state index contributed by atoms with van der Waals surface area (Å²) in [7, 11) is 0. The van der Waals surface area contributed by atoms with E-state index in [1.807, 2.05) is 12.1 Å². The Morgan fingerprint density at radius 1 is 1.12 bits per heavy atom. The first kappa shape index (κ1) is 18.7. The molecule has 1 aliphatic carbocycles. The third-order valence-corrected chi connectivity index (χ3v) is 6.21. The second-order valence-electron chi connectivity index (χ2n) is 7.97. The van der Waals surface area contributed by atoms with Crippen LogP contribution in [-0.4, -0.2) is 18.0 Å². The number of carbonyl (C=O) groups is 1. The number of amides is 1. The standard InChI is InChI=1S/C20H27FN2O.ClH/c21-16-6-4-15(5-7-16)20(14-2-1-3-14)23-19(24)12-13-10-17-8-9-18(11-13)22-17;/h4-7,13-14,17-18,20,22H,1-3,8-12H2,(H,23,24);1H. The number of hydrogen-bond acceptors (Lipinski definition) is 2. The Kier molecular flexibility index (Phi) is 6.00. The molecule has 1 saturated carbocycles.